The summed E-state index contributed by atoms with van der Waals surface area (Å²) in [6, 6.07) is 0. The summed E-state index contributed by atoms with van der Waals surface area (Å²) in [6.45, 7) is 0. The van der Waals surface area contributed by atoms with E-state index >= 15 is 0 Å². The molecule has 0 radical (unpaired) electrons. The number of hydrogen-bond acceptors (Lipinski definition) is 5. The molecule has 0 aromatic rings. The lowest BCUT2D eigenvalue weighted by atomic mass is 9.98. The zero-order chi connectivity index (χ0) is 14.9. The smallest absolute Gasteiger partial charge is 0.333 e. The number of carboxylic acid groups (broad SMARTS) is 2. The van der Waals surface area contributed by atoms with Gasteiger partial charge in [-0.05, 0) is 12.8 Å². The molecule has 0 bridgehead atoms. The van der Waals surface area contributed by atoms with Crippen LogP contribution in [0.15, 0.2) is 12.2 Å². The number of rotatable bonds is 4. The molecule has 0 aromatic carbocycles. The van der Waals surface area contributed by atoms with Crippen molar-refractivity contribution < 1.29 is 32.4 Å². The summed E-state index contributed by atoms with van der Waals surface area (Å²) in [5.41, 5.74) is 0. The number of nitrogens with two attached hydrogens (primary N) is 1. The molecule has 9 heteroatoms. The zero-order valence-corrected chi connectivity index (χ0v) is 11.0. The van der Waals surface area contributed by atoms with Crippen molar-refractivity contribution in [1.82, 2.24) is 0 Å². The molecule has 0 aromatic heterocycles. The zero-order valence-electron chi connectivity index (χ0n) is 10.2. The summed E-state index contributed by atoms with van der Waals surface area (Å²) >= 11 is 0. The van der Waals surface area contributed by atoms with Crippen LogP contribution in [0.2, 0.25) is 0 Å². The minimum Gasteiger partial charge on any atom is -0.478 e. The minimum atomic E-state index is -3.72. The van der Waals surface area contributed by atoms with E-state index in [9.17, 15) is 18.0 Å². The number of carboxylic acids is 2. The van der Waals surface area contributed by atoms with Gasteiger partial charge in [-0.2, -0.15) is 8.42 Å². The lowest BCUT2D eigenvalue weighted by molar-refractivity contribution is -0.134. The van der Waals surface area contributed by atoms with Gasteiger partial charge in [0.15, 0.2) is 0 Å². The molecular weight excluding hydrogens is 278 g/mol. The molecule has 1 rings (SSSR count). The SMILES string of the molecule is NS(=O)(=O)OC1CCCCC1.O=C(O)C=CC(=O)O. The van der Waals surface area contributed by atoms with E-state index in [0.717, 1.165) is 25.7 Å². The van der Waals surface area contributed by atoms with E-state index in [2.05, 4.69) is 4.18 Å². The van der Waals surface area contributed by atoms with Crippen LogP contribution in [-0.2, 0) is 24.1 Å². The third kappa shape index (κ3) is 12.8. The minimum absolute atomic E-state index is 0.168. The Morgan fingerprint density at radius 2 is 1.47 bits per heavy atom. The second-order valence-corrected chi connectivity index (χ2v) is 5.04. The average molecular weight is 295 g/mol. The second-order valence-electron chi connectivity index (χ2n) is 3.86. The molecule has 0 atom stereocenters. The van der Waals surface area contributed by atoms with Crippen molar-refractivity contribution in [3.05, 3.63) is 12.2 Å². The maximum Gasteiger partial charge on any atom is 0.333 e. The van der Waals surface area contributed by atoms with Crippen LogP contribution < -0.4 is 5.14 Å². The molecule has 110 valence electrons. The largest absolute Gasteiger partial charge is 0.478 e. The molecule has 0 heterocycles. The molecule has 0 unspecified atom stereocenters. The Morgan fingerprint density at radius 3 is 1.79 bits per heavy atom. The molecule has 1 fully saturated rings. The van der Waals surface area contributed by atoms with Gasteiger partial charge in [0, 0.05) is 12.2 Å². The first-order valence-corrected chi connectivity index (χ1v) is 7.03. The van der Waals surface area contributed by atoms with E-state index in [1.807, 2.05) is 0 Å². The fraction of sp³-hybridized carbons (Fsp3) is 0.600. The summed E-state index contributed by atoms with van der Waals surface area (Å²) in [5.74, 6) is -2.51. The van der Waals surface area contributed by atoms with Crippen LogP contribution in [0.25, 0.3) is 0 Å². The Balaban J connectivity index is 0.000000362. The predicted molar refractivity (Wildman–Crippen MR) is 65.5 cm³/mol. The molecule has 0 amide bonds. The molecule has 0 aliphatic heterocycles. The van der Waals surface area contributed by atoms with Gasteiger partial charge in [-0.1, -0.05) is 19.3 Å². The highest BCUT2D eigenvalue weighted by Crippen LogP contribution is 2.20. The van der Waals surface area contributed by atoms with Crippen molar-refractivity contribution >= 4 is 22.2 Å². The molecule has 1 aliphatic rings. The first-order chi connectivity index (χ1) is 8.70. The molecular formula is C10H17NO7S. The Labute approximate surface area is 111 Å². The highest BCUT2D eigenvalue weighted by Gasteiger charge is 2.18. The van der Waals surface area contributed by atoms with E-state index in [1.165, 1.54) is 6.42 Å². The maximum atomic E-state index is 10.5. The van der Waals surface area contributed by atoms with Crippen molar-refractivity contribution in [3.8, 4) is 0 Å². The van der Waals surface area contributed by atoms with Crippen molar-refractivity contribution in [2.24, 2.45) is 5.14 Å². The normalized spacial score (nSPS) is 16.7. The van der Waals surface area contributed by atoms with Crippen LogP contribution in [0, 0.1) is 0 Å². The number of hydrogen-bond donors (Lipinski definition) is 3. The Morgan fingerprint density at radius 1 is 1.05 bits per heavy atom. The van der Waals surface area contributed by atoms with Gasteiger partial charge in [0.2, 0.25) is 0 Å². The molecule has 0 saturated heterocycles. The van der Waals surface area contributed by atoms with Crippen molar-refractivity contribution in [3.63, 3.8) is 0 Å². The standard InChI is InChI=1S/C6H13NO3S.C4H4O4/c7-11(8,9)10-6-4-2-1-3-5-6;5-3(6)1-2-4(7)8/h6H,1-5H2,(H2,7,8,9);1-2H,(H,5,6)(H,7,8). The van der Waals surface area contributed by atoms with Gasteiger partial charge in [0.1, 0.15) is 0 Å². The van der Waals surface area contributed by atoms with Crippen molar-refractivity contribution in [2.45, 2.75) is 38.2 Å². The fourth-order valence-corrected chi connectivity index (χ4v) is 2.07. The highest BCUT2D eigenvalue weighted by atomic mass is 32.2. The summed E-state index contributed by atoms with van der Waals surface area (Å²) in [6.07, 6.45) is 5.83. The van der Waals surface area contributed by atoms with Crippen LogP contribution >= 0.6 is 0 Å². The average Bonchev–Trinajstić information content (AvgIpc) is 2.26. The molecule has 1 aliphatic carbocycles. The van der Waals surface area contributed by atoms with Gasteiger partial charge in [0.05, 0.1) is 6.10 Å². The number of aliphatic carboxylic acids is 2. The van der Waals surface area contributed by atoms with Gasteiger partial charge >= 0.3 is 22.2 Å². The Hall–Kier alpha value is -1.45. The van der Waals surface area contributed by atoms with Crippen molar-refractivity contribution in [2.75, 3.05) is 0 Å². The summed E-state index contributed by atoms with van der Waals surface area (Å²) in [5, 5.41) is 20.3. The van der Waals surface area contributed by atoms with Gasteiger partial charge < -0.3 is 10.2 Å². The van der Waals surface area contributed by atoms with E-state index in [1.54, 1.807) is 0 Å². The molecule has 19 heavy (non-hydrogen) atoms. The van der Waals surface area contributed by atoms with Crippen LogP contribution in [0.5, 0.6) is 0 Å². The highest BCUT2D eigenvalue weighted by molar-refractivity contribution is 7.84. The first kappa shape index (κ1) is 17.6. The third-order valence-corrected chi connectivity index (χ3v) is 2.73. The summed E-state index contributed by atoms with van der Waals surface area (Å²) in [7, 11) is -3.72. The number of carbonyl (C=O) groups is 2. The Kier molecular flexibility index (Phi) is 7.96. The quantitative estimate of drug-likeness (QED) is 0.630. The van der Waals surface area contributed by atoms with Gasteiger partial charge in [-0.15, -0.1) is 0 Å². The molecule has 8 nitrogen and oxygen atoms in total. The van der Waals surface area contributed by atoms with Crippen LogP contribution in [-0.4, -0.2) is 36.7 Å². The molecule has 1 saturated carbocycles. The van der Waals surface area contributed by atoms with Gasteiger partial charge in [-0.3, -0.25) is 4.18 Å². The monoisotopic (exact) mass is 295 g/mol. The van der Waals surface area contributed by atoms with Gasteiger partial charge in [-0.25, -0.2) is 14.7 Å². The van der Waals surface area contributed by atoms with Gasteiger partial charge in [0.25, 0.3) is 0 Å². The van der Waals surface area contributed by atoms with E-state index in [-0.39, 0.29) is 6.10 Å². The first-order valence-electron chi connectivity index (χ1n) is 5.55. The van der Waals surface area contributed by atoms with E-state index < -0.39 is 22.2 Å². The van der Waals surface area contributed by atoms with E-state index in [4.69, 9.17) is 15.4 Å². The maximum absolute atomic E-state index is 10.5. The van der Waals surface area contributed by atoms with Crippen LogP contribution in [0.4, 0.5) is 0 Å². The molecule has 0 spiro atoms. The third-order valence-electron chi connectivity index (χ3n) is 2.19. The topological polar surface area (TPSA) is 144 Å². The van der Waals surface area contributed by atoms with E-state index in [0.29, 0.717) is 12.2 Å². The predicted octanol–water partition coefficient (Wildman–Crippen LogP) is 0.251. The Bertz CT molecular complexity index is 407. The van der Waals surface area contributed by atoms with Crippen LogP contribution in [0.1, 0.15) is 32.1 Å². The van der Waals surface area contributed by atoms with Crippen molar-refractivity contribution in [1.29, 1.82) is 0 Å². The lowest BCUT2D eigenvalue weighted by Gasteiger charge is -2.19. The van der Waals surface area contributed by atoms with Crippen LogP contribution in [0.3, 0.4) is 0 Å². The lowest BCUT2D eigenvalue weighted by Crippen LogP contribution is -2.25. The summed E-state index contributed by atoms with van der Waals surface area (Å²) < 4.78 is 25.5. The summed E-state index contributed by atoms with van der Waals surface area (Å²) in [4.78, 5) is 19.1. The second kappa shape index (κ2) is 8.62. The fourth-order valence-electron chi connectivity index (χ4n) is 1.49. The molecule has 4 N–H and O–H groups in total.